The highest BCUT2D eigenvalue weighted by Gasteiger charge is 2.19. The van der Waals surface area contributed by atoms with Gasteiger partial charge in [0.15, 0.2) is 12.3 Å². The molecule has 0 atom stereocenters. The highest BCUT2D eigenvalue weighted by Crippen LogP contribution is 2.25. The van der Waals surface area contributed by atoms with E-state index in [-0.39, 0.29) is 5.69 Å². The number of ether oxygens (including phenoxy) is 1. The Balaban J connectivity index is 1.55. The lowest BCUT2D eigenvalue weighted by Gasteiger charge is -2.04. The van der Waals surface area contributed by atoms with Crippen molar-refractivity contribution in [2.24, 2.45) is 0 Å². The van der Waals surface area contributed by atoms with Gasteiger partial charge in [0.2, 0.25) is 5.78 Å². The Labute approximate surface area is 145 Å². The number of furan rings is 1. The Morgan fingerprint density at radius 3 is 2.92 bits per heavy atom. The lowest BCUT2D eigenvalue weighted by atomic mass is 10.1. The summed E-state index contributed by atoms with van der Waals surface area (Å²) in [7, 11) is 0. The zero-order valence-corrected chi connectivity index (χ0v) is 13.4. The second-order valence-electron chi connectivity index (χ2n) is 5.21. The minimum absolute atomic E-state index is 0.0951. The molecule has 0 unspecified atom stereocenters. The SMILES string of the molecule is O=C(OCC(=O)c1c[nH]c2nccc(Cl)c12)c1nccc2occc12. The van der Waals surface area contributed by atoms with Crippen molar-refractivity contribution in [3.05, 3.63) is 59.3 Å². The van der Waals surface area contributed by atoms with Gasteiger partial charge in [0.25, 0.3) is 0 Å². The average Bonchev–Trinajstić information content (AvgIpc) is 3.26. The summed E-state index contributed by atoms with van der Waals surface area (Å²) >= 11 is 6.12. The van der Waals surface area contributed by atoms with Gasteiger partial charge in [0, 0.05) is 29.5 Å². The van der Waals surface area contributed by atoms with Crippen LogP contribution in [0.5, 0.6) is 0 Å². The van der Waals surface area contributed by atoms with Crippen molar-refractivity contribution in [1.29, 1.82) is 0 Å². The Morgan fingerprint density at radius 2 is 2.04 bits per heavy atom. The number of H-pyrrole nitrogens is 1. The monoisotopic (exact) mass is 355 g/mol. The molecule has 0 fully saturated rings. The lowest BCUT2D eigenvalue weighted by Crippen LogP contribution is -2.15. The van der Waals surface area contributed by atoms with E-state index in [1.165, 1.54) is 24.9 Å². The topological polar surface area (TPSA) is 98.1 Å². The van der Waals surface area contributed by atoms with E-state index in [1.807, 2.05) is 0 Å². The van der Waals surface area contributed by atoms with Crippen LogP contribution < -0.4 is 0 Å². The van der Waals surface area contributed by atoms with E-state index >= 15 is 0 Å². The van der Waals surface area contributed by atoms with Crippen LogP contribution in [0.2, 0.25) is 5.02 Å². The summed E-state index contributed by atoms with van der Waals surface area (Å²) in [6.45, 7) is -0.438. The fraction of sp³-hybridized carbons (Fsp3) is 0.0588. The van der Waals surface area contributed by atoms with Crippen molar-refractivity contribution in [2.75, 3.05) is 6.61 Å². The van der Waals surface area contributed by atoms with Gasteiger partial charge in [-0.25, -0.2) is 14.8 Å². The summed E-state index contributed by atoms with van der Waals surface area (Å²) in [5.74, 6) is -1.10. The number of hydrogen-bond acceptors (Lipinski definition) is 6. The number of ketones is 1. The molecule has 0 saturated heterocycles. The summed E-state index contributed by atoms with van der Waals surface area (Å²) < 4.78 is 10.3. The first kappa shape index (κ1) is 15.3. The molecule has 4 aromatic rings. The number of fused-ring (bicyclic) bond motifs is 2. The summed E-state index contributed by atoms with van der Waals surface area (Å²) in [6.07, 6.45) is 5.92. The molecular formula is C17H10ClN3O4. The highest BCUT2D eigenvalue weighted by atomic mass is 35.5. The predicted molar refractivity (Wildman–Crippen MR) is 89.7 cm³/mol. The van der Waals surface area contributed by atoms with E-state index < -0.39 is 18.4 Å². The van der Waals surface area contributed by atoms with Crippen molar-refractivity contribution in [3.8, 4) is 0 Å². The number of esters is 1. The summed E-state index contributed by atoms with van der Waals surface area (Å²) in [6, 6.07) is 4.84. The number of Topliss-reactive ketones (excluding diaryl/α,β-unsaturated/α-hetero) is 1. The number of aromatic nitrogens is 3. The number of nitrogens with zero attached hydrogens (tertiary/aromatic N) is 2. The number of aromatic amines is 1. The molecule has 0 aliphatic heterocycles. The maximum Gasteiger partial charge on any atom is 0.358 e. The number of carbonyl (C=O) groups is 2. The molecule has 0 aliphatic rings. The molecule has 8 heteroatoms. The van der Waals surface area contributed by atoms with Crippen molar-refractivity contribution in [2.45, 2.75) is 0 Å². The molecule has 4 heterocycles. The molecule has 0 radical (unpaired) electrons. The van der Waals surface area contributed by atoms with E-state index in [0.29, 0.717) is 32.6 Å². The van der Waals surface area contributed by atoms with E-state index in [1.54, 1.807) is 18.2 Å². The molecule has 0 bridgehead atoms. The third-order valence-electron chi connectivity index (χ3n) is 3.73. The lowest BCUT2D eigenvalue weighted by molar-refractivity contribution is 0.0471. The molecule has 4 aromatic heterocycles. The second-order valence-corrected chi connectivity index (χ2v) is 5.62. The van der Waals surface area contributed by atoms with Crippen LogP contribution in [0.15, 0.2) is 47.5 Å². The van der Waals surface area contributed by atoms with E-state index in [0.717, 1.165) is 0 Å². The van der Waals surface area contributed by atoms with Crippen LogP contribution in [0.1, 0.15) is 20.8 Å². The number of pyridine rings is 2. The van der Waals surface area contributed by atoms with Crippen molar-refractivity contribution in [3.63, 3.8) is 0 Å². The van der Waals surface area contributed by atoms with Crippen molar-refractivity contribution >= 4 is 45.4 Å². The first-order valence-electron chi connectivity index (χ1n) is 7.29. The third-order valence-corrected chi connectivity index (χ3v) is 4.05. The van der Waals surface area contributed by atoms with Gasteiger partial charge in [0.1, 0.15) is 11.2 Å². The van der Waals surface area contributed by atoms with Gasteiger partial charge in [-0.05, 0) is 18.2 Å². The Hall–Kier alpha value is -3.19. The van der Waals surface area contributed by atoms with Gasteiger partial charge in [-0.2, -0.15) is 0 Å². The smallest absolute Gasteiger partial charge is 0.358 e. The predicted octanol–water partition coefficient (Wildman–Crippen LogP) is 3.40. The number of halogens is 1. The van der Waals surface area contributed by atoms with E-state index in [4.69, 9.17) is 20.8 Å². The van der Waals surface area contributed by atoms with Crippen molar-refractivity contribution in [1.82, 2.24) is 15.0 Å². The van der Waals surface area contributed by atoms with Gasteiger partial charge < -0.3 is 14.1 Å². The van der Waals surface area contributed by atoms with Gasteiger partial charge in [-0.3, -0.25) is 4.79 Å². The normalized spacial score (nSPS) is 11.1. The number of nitrogens with one attached hydrogen (secondary N) is 1. The number of hydrogen-bond donors (Lipinski definition) is 1. The van der Waals surface area contributed by atoms with Crippen molar-refractivity contribution < 1.29 is 18.7 Å². The Morgan fingerprint density at radius 1 is 1.20 bits per heavy atom. The van der Waals surface area contributed by atoms with Gasteiger partial charge >= 0.3 is 5.97 Å². The maximum atomic E-state index is 12.4. The van der Waals surface area contributed by atoms with Crippen LogP contribution >= 0.6 is 11.6 Å². The summed E-state index contributed by atoms with van der Waals surface area (Å²) in [5.41, 5.74) is 1.42. The molecule has 0 amide bonds. The molecule has 124 valence electrons. The van der Waals surface area contributed by atoms with Crippen LogP contribution in [0.3, 0.4) is 0 Å². The molecule has 4 rings (SSSR count). The van der Waals surface area contributed by atoms with Crippen LogP contribution in [0.4, 0.5) is 0 Å². The number of rotatable bonds is 4. The molecule has 0 aliphatic carbocycles. The van der Waals surface area contributed by atoms with Crippen LogP contribution in [0.25, 0.3) is 22.0 Å². The molecule has 0 saturated carbocycles. The zero-order valence-electron chi connectivity index (χ0n) is 12.7. The largest absolute Gasteiger partial charge is 0.464 e. The standard InChI is InChI=1S/C17H10ClN3O4/c18-11-1-4-20-16-14(11)10(7-21-16)12(22)8-25-17(23)15-9-3-6-24-13(9)2-5-19-15/h1-7H,8H2,(H,20,21). The highest BCUT2D eigenvalue weighted by molar-refractivity contribution is 6.36. The van der Waals surface area contributed by atoms with Gasteiger partial charge in [0.05, 0.1) is 16.7 Å². The minimum atomic E-state index is -0.704. The van der Waals surface area contributed by atoms with E-state index in [2.05, 4.69) is 15.0 Å². The first-order chi connectivity index (χ1) is 12.1. The van der Waals surface area contributed by atoms with E-state index in [9.17, 15) is 9.59 Å². The fourth-order valence-corrected chi connectivity index (χ4v) is 2.82. The maximum absolute atomic E-state index is 12.4. The van der Waals surface area contributed by atoms with Gasteiger partial charge in [-0.1, -0.05) is 11.6 Å². The summed E-state index contributed by atoms with van der Waals surface area (Å²) in [4.78, 5) is 35.6. The molecule has 0 aromatic carbocycles. The average molecular weight is 356 g/mol. The fourth-order valence-electron chi connectivity index (χ4n) is 2.57. The summed E-state index contributed by atoms with van der Waals surface area (Å²) in [5, 5.41) is 1.42. The second kappa shape index (κ2) is 6.03. The Bertz CT molecular complexity index is 1120. The molecular weight excluding hydrogens is 346 g/mol. The van der Waals surface area contributed by atoms with Crippen LogP contribution in [-0.2, 0) is 4.74 Å². The Kier molecular flexibility index (Phi) is 3.70. The molecule has 0 spiro atoms. The quantitative estimate of drug-likeness (QED) is 0.445. The molecule has 25 heavy (non-hydrogen) atoms. The first-order valence-corrected chi connectivity index (χ1v) is 7.67. The number of carbonyl (C=O) groups excluding carboxylic acids is 2. The van der Waals surface area contributed by atoms with Crippen LogP contribution in [0, 0.1) is 0 Å². The zero-order chi connectivity index (χ0) is 17.4. The van der Waals surface area contributed by atoms with Gasteiger partial charge in [-0.15, -0.1) is 0 Å². The third kappa shape index (κ3) is 2.64. The molecule has 7 nitrogen and oxygen atoms in total. The minimum Gasteiger partial charge on any atom is -0.464 e. The van der Waals surface area contributed by atoms with Crippen LogP contribution in [-0.4, -0.2) is 33.3 Å². The molecule has 1 N–H and O–H groups in total.